The third kappa shape index (κ3) is 3.80. The molecule has 1 aliphatic heterocycles. The number of nitrogens with one attached hydrogen (secondary N) is 1. The Hall–Kier alpha value is -3.01. The van der Waals surface area contributed by atoms with E-state index in [0.717, 1.165) is 0 Å². The van der Waals surface area contributed by atoms with Crippen LogP contribution in [0, 0.1) is 17.0 Å². The molecule has 0 aliphatic carbocycles. The first-order valence-electron chi connectivity index (χ1n) is 8.18. The second kappa shape index (κ2) is 7.48. The van der Waals surface area contributed by atoms with Crippen LogP contribution in [0.4, 0.5) is 11.4 Å². The number of anilines is 1. The van der Waals surface area contributed by atoms with E-state index in [1.54, 1.807) is 19.9 Å². The van der Waals surface area contributed by atoms with Crippen molar-refractivity contribution in [3.8, 4) is 0 Å². The number of carbonyl (C=O) groups is 1. The number of carbonyl (C=O) groups excluding carboxylic acids is 1. The zero-order chi connectivity index (χ0) is 18.7. The Morgan fingerprint density at radius 3 is 2.73 bits per heavy atom. The van der Waals surface area contributed by atoms with Crippen LogP contribution < -0.4 is 10.2 Å². The van der Waals surface area contributed by atoms with E-state index in [2.05, 4.69) is 15.5 Å². The summed E-state index contributed by atoms with van der Waals surface area (Å²) >= 11 is 0. The molecular weight excluding hydrogens is 342 g/mol. The number of non-ortho nitro benzene ring substituents is 1. The molecule has 1 unspecified atom stereocenters. The summed E-state index contributed by atoms with van der Waals surface area (Å²) in [7, 11) is 0. The third-order valence-electron chi connectivity index (χ3n) is 4.05. The van der Waals surface area contributed by atoms with Crippen LogP contribution in [0.1, 0.15) is 35.0 Å². The summed E-state index contributed by atoms with van der Waals surface area (Å²) in [5.41, 5.74) is 0.711. The molecule has 10 nitrogen and oxygen atoms in total. The van der Waals surface area contributed by atoms with Gasteiger partial charge < -0.3 is 19.5 Å². The summed E-state index contributed by atoms with van der Waals surface area (Å²) in [6.45, 7) is 5.67. The molecule has 1 aromatic carbocycles. The summed E-state index contributed by atoms with van der Waals surface area (Å²) in [6, 6.07) is 3.75. The lowest BCUT2D eigenvalue weighted by Crippen LogP contribution is -2.38. The Labute approximate surface area is 149 Å². The molecule has 0 spiro atoms. The normalized spacial score (nSPS) is 15.5. The molecule has 3 rings (SSSR count). The number of nitro benzene ring substituents is 1. The first kappa shape index (κ1) is 17.8. The van der Waals surface area contributed by atoms with E-state index in [9.17, 15) is 14.9 Å². The Morgan fingerprint density at radius 2 is 2.12 bits per heavy atom. The molecule has 1 amide bonds. The molecule has 1 saturated heterocycles. The van der Waals surface area contributed by atoms with Crippen molar-refractivity contribution in [1.29, 1.82) is 0 Å². The molecule has 10 heteroatoms. The molecule has 0 bridgehead atoms. The van der Waals surface area contributed by atoms with Gasteiger partial charge in [0.2, 0.25) is 5.89 Å². The highest BCUT2D eigenvalue weighted by molar-refractivity contribution is 6.00. The molecular formula is C16H19N5O5. The van der Waals surface area contributed by atoms with Crippen LogP contribution in [0.3, 0.4) is 0 Å². The highest BCUT2D eigenvalue weighted by Crippen LogP contribution is 2.27. The number of nitrogens with zero attached hydrogens (tertiary/aromatic N) is 4. The van der Waals surface area contributed by atoms with Crippen molar-refractivity contribution in [3.05, 3.63) is 45.6 Å². The zero-order valence-corrected chi connectivity index (χ0v) is 14.5. The molecule has 1 aliphatic rings. The van der Waals surface area contributed by atoms with Crippen molar-refractivity contribution in [3.63, 3.8) is 0 Å². The Balaban J connectivity index is 1.88. The number of amides is 1. The van der Waals surface area contributed by atoms with Gasteiger partial charge in [0.15, 0.2) is 5.82 Å². The number of benzene rings is 1. The zero-order valence-electron chi connectivity index (χ0n) is 14.5. The van der Waals surface area contributed by atoms with E-state index >= 15 is 0 Å². The molecule has 1 aromatic heterocycles. The fourth-order valence-electron chi connectivity index (χ4n) is 2.72. The lowest BCUT2D eigenvalue weighted by atomic mass is 10.1. The van der Waals surface area contributed by atoms with Gasteiger partial charge in [-0.05, 0) is 19.9 Å². The molecule has 2 heterocycles. The fourth-order valence-corrected chi connectivity index (χ4v) is 2.72. The van der Waals surface area contributed by atoms with Gasteiger partial charge in [0.1, 0.15) is 6.04 Å². The van der Waals surface area contributed by atoms with Crippen LogP contribution in [0.2, 0.25) is 0 Å². The van der Waals surface area contributed by atoms with E-state index in [1.165, 1.54) is 12.1 Å². The second-order valence-electron chi connectivity index (χ2n) is 5.93. The standard InChI is InChI=1S/C16H19N5O5/c1-10(16-18-11(2)19-26-16)17-15(22)13-9-12(21(23)24)3-4-14(13)20-5-7-25-8-6-20/h3-4,9-10H,5-8H2,1-2H3,(H,17,22). The number of ether oxygens (including phenoxy) is 1. The molecule has 0 saturated carbocycles. The van der Waals surface area contributed by atoms with E-state index in [1.807, 2.05) is 4.90 Å². The number of hydrogen-bond donors (Lipinski definition) is 1. The molecule has 26 heavy (non-hydrogen) atoms. The fraction of sp³-hybridized carbons (Fsp3) is 0.438. The van der Waals surface area contributed by atoms with E-state index in [4.69, 9.17) is 9.26 Å². The van der Waals surface area contributed by atoms with Gasteiger partial charge in [-0.3, -0.25) is 14.9 Å². The average Bonchev–Trinajstić information content (AvgIpc) is 3.08. The van der Waals surface area contributed by atoms with Crippen LogP contribution in [-0.4, -0.2) is 47.3 Å². The summed E-state index contributed by atoms with van der Waals surface area (Å²) in [6.07, 6.45) is 0. The van der Waals surface area contributed by atoms with Gasteiger partial charge in [-0.15, -0.1) is 0 Å². The molecule has 1 atom stereocenters. The highest BCUT2D eigenvalue weighted by Gasteiger charge is 2.24. The number of hydrogen-bond acceptors (Lipinski definition) is 8. The van der Waals surface area contributed by atoms with Crippen LogP contribution >= 0.6 is 0 Å². The van der Waals surface area contributed by atoms with E-state index in [-0.39, 0.29) is 17.1 Å². The lowest BCUT2D eigenvalue weighted by molar-refractivity contribution is -0.384. The van der Waals surface area contributed by atoms with Gasteiger partial charge in [-0.2, -0.15) is 4.98 Å². The predicted octanol–water partition coefficient (Wildman–Crippen LogP) is 1.61. The number of nitro groups is 1. The van der Waals surface area contributed by atoms with Crippen molar-refractivity contribution in [2.45, 2.75) is 19.9 Å². The van der Waals surface area contributed by atoms with Crippen molar-refractivity contribution in [2.75, 3.05) is 31.2 Å². The maximum atomic E-state index is 12.8. The first-order chi connectivity index (χ1) is 12.5. The second-order valence-corrected chi connectivity index (χ2v) is 5.93. The van der Waals surface area contributed by atoms with Crippen LogP contribution in [0.25, 0.3) is 0 Å². The quantitative estimate of drug-likeness (QED) is 0.629. The van der Waals surface area contributed by atoms with Crippen LogP contribution in [0.5, 0.6) is 0 Å². The van der Waals surface area contributed by atoms with Gasteiger partial charge >= 0.3 is 0 Å². The summed E-state index contributed by atoms with van der Waals surface area (Å²) in [5, 5.41) is 17.6. The van der Waals surface area contributed by atoms with Gasteiger partial charge in [0, 0.05) is 25.2 Å². The number of rotatable bonds is 5. The molecule has 1 N–H and O–H groups in total. The number of morpholine rings is 1. The number of aromatic nitrogens is 2. The van der Waals surface area contributed by atoms with E-state index < -0.39 is 16.9 Å². The summed E-state index contributed by atoms with van der Waals surface area (Å²) < 4.78 is 10.4. The van der Waals surface area contributed by atoms with Gasteiger partial charge in [0.05, 0.1) is 29.4 Å². The minimum Gasteiger partial charge on any atom is -0.378 e. The maximum absolute atomic E-state index is 12.8. The number of aryl methyl sites for hydroxylation is 1. The predicted molar refractivity (Wildman–Crippen MR) is 91.0 cm³/mol. The minimum absolute atomic E-state index is 0.145. The topological polar surface area (TPSA) is 124 Å². The van der Waals surface area contributed by atoms with Crippen molar-refractivity contribution >= 4 is 17.3 Å². The molecule has 0 radical (unpaired) electrons. The molecule has 138 valence electrons. The van der Waals surface area contributed by atoms with Crippen molar-refractivity contribution in [2.24, 2.45) is 0 Å². The molecule has 1 fully saturated rings. The Bertz CT molecular complexity index is 815. The Morgan fingerprint density at radius 1 is 1.38 bits per heavy atom. The highest BCUT2D eigenvalue weighted by atomic mass is 16.6. The van der Waals surface area contributed by atoms with Gasteiger partial charge in [-0.1, -0.05) is 5.16 Å². The minimum atomic E-state index is -0.527. The van der Waals surface area contributed by atoms with Gasteiger partial charge in [0.25, 0.3) is 11.6 Å². The third-order valence-corrected chi connectivity index (χ3v) is 4.05. The van der Waals surface area contributed by atoms with E-state index in [0.29, 0.717) is 37.8 Å². The first-order valence-corrected chi connectivity index (χ1v) is 8.18. The van der Waals surface area contributed by atoms with Crippen LogP contribution in [0.15, 0.2) is 22.7 Å². The average molecular weight is 361 g/mol. The molecule has 2 aromatic rings. The van der Waals surface area contributed by atoms with Crippen LogP contribution in [-0.2, 0) is 4.74 Å². The smallest absolute Gasteiger partial charge is 0.270 e. The summed E-state index contributed by atoms with van der Waals surface area (Å²) in [5.74, 6) is 0.290. The largest absolute Gasteiger partial charge is 0.378 e. The lowest BCUT2D eigenvalue weighted by Gasteiger charge is -2.30. The van der Waals surface area contributed by atoms with Gasteiger partial charge in [-0.25, -0.2) is 0 Å². The summed E-state index contributed by atoms with van der Waals surface area (Å²) in [4.78, 5) is 29.4. The van der Waals surface area contributed by atoms with Crippen molar-refractivity contribution in [1.82, 2.24) is 15.5 Å². The maximum Gasteiger partial charge on any atom is 0.270 e. The SMILES string of the molecule is Cc1noc(C(C)NC(=O)c2cc([N+](=O)[O-])ccc2N2CCOCC2)n1. The van der Waals surface area contributed by atoms with Crippen molar-refractivity contribution < 1.29 is 19.0 Å². The monoisotopic (exact) mass is 361 g/mol. The Kier molecular flexibility index (Phi) is 5.12.